The number of esters is 2. The molecule has 8 aliphatic rings. The second kappa shape index (κ2) is 8.66. The Labute approximate surface area is 207 Å². The van der Waals surface area contributed by atoms with Gasteiger partial charge in [-0.2, -0.15) is 8.78 Å². The Morgan fingerprint density at radius 2 is 1.60 bits per heavy atom. The highest BCUT2D eigenvalue weighted by atomic mass is 19.3. The zero-order valence-corrected chi connectivity index (χ0v) is 21.1. The van der Waals surface area contributed by atoms with Gasteiger partial charge < -0.3 is 14.2 Å². The summed E-state index contributed by atoms with van der Waals surface area (Å²) in [5.41, 5.74) is 0.251. The van der Waals surface area contributed by atoms with E-state index in [1.54, 1.807) is 0 Å². The minimum Gasteiger partial charge on any atom is -0.457 e. The third-order valence-corrected chi connectivity index (χ3v) is 11.2. The van der Waals surface area contributed by atoms with E-state index in [1.165, 1.54) is 32.1 Å². The molecule has 8 rings (SSSR count). The van der Waals surface area contributed by atoms with E-state index >= 15 is 0 Å². The number of halogens is 2. The Morgan fingerprint density at radius 3 is 2.31 bits per heavy atom. The van der Waals surface area contributed by atoms with Crippen molar-refractivity contribution in [2.45, 2.75) is 90.1 Å². The van der Waals surface area contributed by atoms with Crippen molar-refractivity contribution >= 4 is 11.9 Å². The first-order chi connectivity index (χ1) is 16.6. The molecule has 0 radical (unpaired) electrons. The molecule has 0 amide bonds. The molecule has 7 heteroatoms. The third kappa shape index (κ3) is 4.31. The molecule has 8 fully saturated rings. The maximum Gasteiger partial charge on any atom is 0.376 e. The summed E-state index contributed by atoms with van der Waals surface area (Å²) in [5, 5.41) is 0. The zero-order chi connectivity index (χ0) is 24.5. The van der Waals surface area contributed by atoms with Crippen LogP contribution in [-0.4, -0.2) is 37.4 Å². The maximum atomic E-state index is 13.5. The van der Waals surface area contributed by atoms with Crippen molar-refractivity contribution in [2.24, 2.45) is 58.7 Å². The van der Waals surface area contributed by atoms with Gasteiger partial charge in [-0.05, 0) is 111 Å². The molecule has 0 aliphatic heterocycles. The second-order valence-corrected chi connectivity index (χ2v) is 13.4. The van der Waals surface area contributed by atoms with Gasteiger partial charge in [0.1, 0.15) is 6.10 Å². The van der Waals surface area contributed by atoms with Crippen LogP contribution in [0, 0.1) is 58.7 Å². The van der Waals surface area contributed by atoms with Crippen LogP contribution in [0.3, 0.4) is 0 Å². The Kier molecular flexibility index (Phi) is 5.97. The molecule has 0 aromatic heterocycles. The summed E-state index contributed by atoms with van der Waals surface area (Å²) in [5.74, 6) is -0.932. The van der Waals surface area contributed by atoms with Gasteiger partial charge in [0.25, 0.3) is 0 Å². The number of rotatable bonds is 8. The summed E-state index contributed by atoms with van der Waals surface area (Å²) < 4.78 is 43.9. The van der Waals surface area contributed by atoms with Crippen LogP contribution < -0.4 is 0 Å². The van der Waals surface area contributed by atoms with Crippen molar-refractivity contribution in [1.82, 2.24) is 0 Å². The van der Waals surface area contributed by atoms with E-state index in [4.69, 9.17) is 14.2 Å². The van der Waals surface area contributed by atoms with Gasteiger partial charge in [0.15, 0.2) is 6.79 Å². The van der Waals surface area contributed by atoms with E-state index in [1.807, 2.05) is 0 Å². The lowest BCUT2D eigenvalue weighted by Crippen LogP contribution is -2.56. The van der Waals surface area contributed by atoms with E-state index in [0.29, 0.717) is 31.3 Å². The fraction of sp³-hybridized carbons (Fsp3) is 0.929. The summed E-state index contributed by atoms with van der Waals surface area (Å²) in [4.78, 5) is 24.7. The lowest BCUT2D eigenvalue weighted by Gasteiger charge is -2.60. The van der Waals surface area contributed by atoms with Gasteiger partial charge in [0.2, 0.25) is 0 Å². The molecule has 8 saturated carbocycles. The van der Waals surface area contributed by atoms with Crippen molar-refractivity contribution < 1.29 is 32.6 Å². The molecule has 0 aromatic rings. The van der Waals surface area contributed by atoms with Crippen molar-refractivity contribution in [1.29, 1.82) is 0 Å². The first-order valence-corrected chi connectivity index (χ1v) is 13.9. The van der Waals surface area contributed by atoms with Crippen molar-refractivity contribution in [3.05, 3.63) is 0 Å². The quantitative estimate of drug-likeness (QED) is 0.250. The number of hydrogen-bond donors (Lipinski definition) is 0. The molecule has 0 N–H and O–H groups in total. The summed E-state index contributed by atoms with van der Waals surface area (Å²) in [7, 11) is 0. The molecule has 196 valence electrons. The van der Waals surface area contributed by atoms with E-state index in [9.17, 15) is 18.4 Å². The van der Waals surface area contributed by atoms with Crippen molar-refractivity contribution in [3.63, 3.8) is 0 Å². The van der Waals surface area contributed by atoms with Gasteiger partial charge >= 0.3 is 17.9 Å². The van der Waals surface area contributed by atoms with Crippen molar-refractivity contribution in [3.8, 4) is 0 Å². The smallest absolute Gasteiger partial charge is 0.376 e. The fourth-order valence-corrected chi connectivity index (χ4v) is 10.0. The molecule has 35 heavy (non-hydrogen) atoms. The topological polar surface area (TPSA) is 61.8 Å². The van der Waals surface area contributed by atoms with Crippen molar-refractivity contribution in [2.75, 3.05) is 13.4 Å². The normalized spacial score (nSPS) is 47.2. The third-order valence-electron chi connectivity index (χ3n) is 11.2. The molecule has 9 unspecified atom stereocenters. The second-order valence-electron chi connectivity index (χ2n) is 13.4. The number of carbonyl (C=O) groups is 2. The van der Waals surface area contributed by atoms with E-state index in [2.05, 4.69) is 6.92 Å². The van der Waals surface area contributed by atoms with Gasteiger partial charge in [-0.15, -0.1) is 0 Å². The number of carbonyl (C=O) groups excluding carboxylic acids is 2. The molecular weight excluding hydrogens is 454 g/mol. The summed E-state index contributed by atoms with van der Waals surface area (Å²) in [6, 6.07) is 0. The highest BCUT2D eigenvalue weighted by Gasteiger charge is 2.57. The van der Waals surface area contributed by atoms with Crippen LogP contribution in [-0.2, 0) is 23.8 Å². The van der Waals surface area contributed by atoms with Crippen LogP contribution in [0.2, 0.25) is 0 Å². The SMILES string of the molecule is CC1C2CC3CC(C2)CC1(COCOC(=O)CC1C2CC4CC(C2)C(OC(=O)C(C)(F)F)C1C4)C3. The van der Waals surface area contributed by atoms with Crippen LogP contribution in [0.15, 0.2) is 0 Å². The van der Waals surface area contributed by atoms with E-state index in [0.717, 1.165) is 43.4 Å². The molecular formula is C28H40F2O5. The number of ether oxygens (including phenoxy) is 3. The van der Waals surface area contributed by atoms with Gasteiger partial charge in [0, 0.05) is 19.3 Å². The highest BCUT2D eigenvalue weighted by Crippen LogP contribution is 2.63. The standard InChI is InChI=1S/C28H40F2O5/c1-15-19-6-17-3-18(7-19)12-28(15,11-17)13-33-14-34-24(31)10-22-20-4-16-5-21(9-20)25(23(22)8-16)35-26(32)27(2,29)30/h15-23,25H,3-14H2,1-2H3. The first kappa shape index (κ1) is 24.1. The predicted octanol–water partition coefficient (Wildman–Crippen LogP) is 5.61. The summed E-state index contributed by atoms with van der Waals surface area (Å²) in [6.07, 6.45) is 10.1. The molecule has 9 atom stereocenters. The van der Waals surface area contributed by atoms with Gasteiger partial charge in [-0.1, -0.05) is 6.92 Å². The molecule has 5 nitrogen and oxygen atoms in total. The molecule has 0 spiro atoms. The first-order valence-electron chi connectivity index (χ1n) is 13.9. The van der Waals surface area contributed by atoms with E-state index in [-0.39, 0.29) is 42.4 Å². The maximum absolute atomic E-state index is 13.5. The average Bonchev–Trinajstić information content (AvgIpc) is 2.78. The monoisotopic (exact) mass is 494 g/mol. The lowest BCUT2D eigenvalue weighted by molar-refractivity contribution is -0.203. The summed E-state index contributed by atoms with van der Waals surface area (Å²) >= 11 is 0. The fourth-order valence-electron chi connectivity index (χ4n) is 10.0. The Bertz CT molecular complexity index is 841. The molecule has 0 heterocycles. The van der Waals surface area contributed by atoms with Crippen LogP contribution in [0.5, 0.6) is 0 Å². The highest BCUT2D eigenvalue weighted by molar-refractivity contribution is 5.77. The zero-order valence-electron chi connectivity index (χ0n) is 21.1. The van der Waals surface area contributed by atoms with Crippen LogP contribution >= 0.6 is 0 Å². The van der Waals surface area contributed by atoms with Crippen LogP contribution in [0.4, 0.5) is 8.78 Å². The molecule has 0 saturated heterocycles. The van der Waals surface area contributed by atoms with Gasteiger partial charge in [0.05, 0.1) is 6.61 Å². The lowest BCUT2D eigenvalue weighted by atomic mass is 9.46. The van der Waals surface area contributed by atoms with Crippen LogP contribution in [0.25, 0.3) is 0 Å². The minimum atomic E-state index is -3.49. The minimum absolute atomic E-state index is 0.0128. The number of alkyl halides is 2. The molecule has 0 aromatic carbocycles. The van der Waals surface area contributed by atoms with E-state index < -0.39 is 18.0 Å². The van der Waals surface area contributed by atoms with Gasteiger partial charge in [-0.25, -0.2) is 4.79 Å². The average molecular weight is 495 g/mol. The predicted molar refractivity (Wildman–Crippen MR) is 123 cm³/mol. The number of hydrogen-bond acceptors (Lipinski definition) is 5. The van der Waals surface area contributed by atoms with Gasteiger partial charge in [-0.3, -0.25) is 4.79 Å². The summed E-state index contributed by atoms with van der Waals surface area (Å²) in [6.45, 7) is 3.64. The molecule has 8 aliphatic carbocycles. The largest absolute Gasteiger partial charge is 0.457 e. The molecule has 8 bridgehead atoms. The Balaban J connectivity index is 1.02. The Hall–Kier alpha value is -1.24. The van der Waals surface area contributed by atoms with Crippen LogP contribution in [0.1, 0.15) is 78.1 Å². The Morgan fingerprint density at radius 1 is 0.914 bits per heavy atom.